The Hall–Kier alpha value is -2.63. The lowest BCUT2D eigenvalue weighted by Crippen LogP contribution is -2.11. The van der Waals surface area contributed by atoms with Crippen LogP contribution in [-0.4, -0.2) is 30.9 Å². The van der Waals surface area contributed by atoms with E-state index in [4.69, 9.17) is 0 Å². The van der Waals surface area contributed by atoms with Crippen LogP contribution in [0.4, 0.5) is 5.95 Å². The summed E-state index contributed by atoms with van der Waals surface area (Å²) in [6.07, 6.45) is 6.25. The number of hydrogen-bond donors (Lipinski definition) is 1. The Bertz CT molecular complexity index is 670. The number of nitrogens with zero attached hydrogens (tertiary/aromatic N) is 5. The summed E-state index contributed by atoms with van der Waals surface area (Å²) in [5, 5.41) is 11.3. The molecular weight excluding hydrogens is 252 g/mol. The highest BCUT2D eigenvalue weighted by atomic mass is 15.3. The molecule has 0 fully saturated rings. The number of aromatic nitrogens is 5. The number of benzene rings is 1. The van der Waals surface area contributed by atoms with Crippen molar-refractivity contribution in [1.82, 2.24) is 24.3 Å². The molecule has 2 aromatic heterocycles. The first-order valence-electron chi connectivity index (χ1n) is 6.50. The zero-order valence-electron chi connectivity index (χ0n) is 11.3. The van der Waals surface area contributed by atoms with Crippen molar-refractivity contribution >= 4 is 5.95 Å². The van der Waals surface area contributed by atoms with Gasteiger partial charge in [-0.15, -0.1) is 10.2 Å². The third-order valence-corrected chi connectivity index (χ3v) is 3.11. The number of imidazole rings is 1. The summed E-state index contributed by atoms with van der Waals surface area (Å²) in [7, 11) is 1.94. The highest BCUT2D eigenvalue weighted by molar-refractivity contribution is 5.41. The molecule has 0 spiro atoms. The lowest BCUT2D eigenvalue weighted by molar-refractivity contribution is 0.784. The van der Waals surface area contributed by atoms with Crippen molar-refractivity contribution in [2.24, 2.45) is 7.05 Å². The minimum absolute atomic E-state index is 0.760. The molecule has 0 atom stereocenters. The molecule has 1 aromatic carbocycles. The molecule has 0 unspecified atom stereocenters. The first kappa shape index (κ1) is 12.4. The van der Waals surface area contributed by atoms with Gasteiger partial charge >= 0.3 is 0 Å². The minimum Gasteiger partial charge on any atom is -0.355 e. The Labute approximate surface area is 117 Å². The summed E-state index contributed by atoms with van der Waals surface area (Å²) in [6.45, 7) is 0.760. The van der Waals surface area contributed by atoms with Crippen LogP contribution in [0.2, 0.25) is 0 Å². The van der Waals surface area contributed by atoms with E-state index in [1.54, 1.807) is 12.5 Å². The van der Waals surface area contributed by atoms with Crippen LogP contribution in [0.15, 0.2) is 49.1 Å². The van der Waals surface area contributed by atoms with Crippen molar-refractivity contribution in [3.8, 4) is 5.69 Å². The molecule has 3 aromatic rings. The van der Waals surface area contributed by atoms with Crippen molar-refractivity contribution in [3.05, 3.63) is 54.9 Å². The van der Waals surface area contributed by atoms with Crippen LogP contribution in [0.3, 0.4) is 0 Å². The number of para-hydroxylation sites is 1. The summed E-state index contributed by atoms with van der Waals surface area (Å²) >= 11 is 0. The number of hydrogen-bond acceptors (Lipinski definition) is 4. The van der Waals surface area contributed by atoms with Gasteiger partial charge in [-0.05, 0) is 12.1 Å². The molecule has 0 amide bonds. The molecule has 6 nitrogen and oxygen atoms in total. The monoisotopic (exact) mass is 268 g/mol. The molecular formula is C14H16N6. The Morgan fingerprint density at radius 2 is 2.05 bits per heavy atom. The third-order valence-electron chi connectivity index (χ3n) is 3.11. The first-order chi connectivity index (χ1) is 9.84. The second-order valence-electron chi connectivity index (χ2n) is 4.49. The average molecular weight is 268 g/mol. The van der Waals surface area contributed by atoms with Gasteiger partial charge in [0.1, 0.15) is 12.2 Å². The van der Waals surface area contributed by atoms with Gasteiger partial charge in [-0.2, -0.15) is 0 Å². The molecule has 0 saturated heterocycles. The fourth-order valence-electron chi connectivity index (χ4n) is 2.05. The number of nitrogens with one attached hydrogen (secondary N) is 1. The maximum atomic E-state index is 4.34. The van der Waals surface area contributed by atoms with Crippen LogP contribution in [0.5, 0.6) is 0 Å². The van der Waals surface area contributed by atoms with Gasteiger partial charge in [0.15, 0.2) is 0 Å². The number of aryl methyl sites for hydroxylation is 1. The molecule has 2 heterocycles. The summed E-state index contributed by atoms with van der Waals surface area (Å²) in [5.74, 6) is 1.79. The maximum absolute atomic E-state index is 4.34. The van der Waals surface area contributed by atoms with E-state index in [1.165, 1.54) is 0 Å². The Morgan fingerprint density at radius 3 is 2.80 bits per heavy atom. The largest absolute Gasteiger partial charge is 0.355 e. The number of rotatable bonds is 5. The first-order valence-corrected chi connectivity index (χ1v) is 6.50. The van der Waals surface area contributed by atoms with Crippen molar-refractivity contribution in [2.45, 2.75) is 6.42 Å². The molecule has 0 aliphatic rings. The molecule has 0 radical (unpaired) electrons. The summed E-state index contributed by atoms with van der Waals surface area (Å²) < 4.78 is 3.95. The van der Waals surface area contributed by atoms with Crippen molar-refractivity contribution in [2.75, 3.05) is 11.9 Å². The summed E-state index contributed by atoms with van der Waals surface area (Å²) in [6, 6.07) is 10.1. The second-order valence-corrected chi connectivity index (χ2v) is 4.49. The van der Waals surface area contributed by atoms with Crippen LogP contribution in [0.1, 0.15) is 5.82 Å². The van der Waals surface area contributed by atoms with Crippen molar-refractivity contribution < 1.29 is 0 Å². The summed E-state index contributed by atoms with van der Waals surface area (Å²) in [5.41, 5.74) is 1.09. The second kappa shape index (κ2) is 5.56. The quantitative estimate of drug-likeness (QED) is 0.764. The van der Waals surface area contributed by atoms with E-state index in [1.807, 2.05) is 40.6 Å². The average Bonchev–Trinajstić information content (AvgIpc) is 3.10. The fraction of sp³-hybridized carbons (Fsp3) is 0.214. The van der Waals surface area contributed by atoms with Gasteiger partial charge in [0.05, 0.1) is 0 Å². The van der Waals surface area contributed by atoms with Crippen molar-refractivity contribution in [3.63, 3.8) is 0 Å². The molecule has 3 rings (SSSR count). The van der Waals surface area contributed by atoms with Gasteiger partial charge in [0.25, 0.3) is 0 Å². The smallest absolute Gasteiger partial charge is 0.207 e. The molecule has 0 bridgehead atoms. The van der Waals surface area contributed by atoms with Crippen LogP contribution < -0.4 is 5.32 Å². The molecule has 6 heteroatoms. The minimum atomic E-state index is 0.760. The van der Waals surface area contributed by atoms with Gasteiger partial charge in [-0.3, -0.25) is 4.57 Å². The van der Waals surface area contributed by atoms with Crippen LogP contribution in [-0.2, 0) is 13.5 Å². The van der Waals surface area contributed by atoms with E-state index < -0.39 is 0 Å². The molecule has 102 valence electrons. The predicted octanol–water partition coefficient (Wildman–Crippen LogP) is 1.66. The SMILES string of the molecule is Cn1cnnc1CCNc1nccn1-c1ccccc1. The van der Waals surface area contributed by atoms with Crippen LogP contribution in [0, 0.1) is 0 Å². The molecule has 0 saturated carbocycles. The Kier molecular flexibility index (Phi) is 3.45. The molecule has 0 aliphatic carbocycles. The predicted molar refractivity (Wildman–Crippen MR) is 76.8 cm³/mol. The van der Waals surface area contributed by atoms with Gasteiger partial charge < -0.3 is 9.88 Å². The molecule has 20 heavy (non-hydrogen) atoms. The van der Waals surface area contributed by atoms with Crippen molar-refractivity contribution in [1.29, 1.82) is 0 Å². The highest BCUT2D eigenvalue weighted by Gasteiger charge is 2.05. The highest BCUT2D eigenvalue weighted by Crippen LogP contribution is 2.13. The Balaban J connectivity index is 1.67. The molecule has 1 N–H and O–H groups in total. The van der Waals surface area contributed by atoms with Gasteiger partial charge in [-0.1, -0.05) is 18.2 Å². The number of anilines is 1. The summed E-state index contributed by atoms with van der Waals surface area (Å²) in [4.78, 5) is 4.34. The van der Waals surface area contributed by atoms with E-state index in [0.717, 1.165) is 30.4 Å². The van der Waals surface area contributed by atoms with Gasteiger partial charge in [0.2, 0.25) is 5.95 Å². The van der Waals surface area contributed by atoms with Gasteiger partial charge in [0, 0.05) is 38.1 Å². The van der Waals surface area contributed by atoms with E-state index in [2.05, 4.69) is 32.6 Å². The third kappa shape index (κ3) is 2.54. The van der Waals surface area contributed by atoms with Crippen LogP contribution in [0.25, 0.3) is 5.69 Å². The topological polar surface area (TPSA) is 60.6 Å². The Morgan fingerprint density at radius 1 is 1.20 bits per heavy atom. The zero-order valence-corrected chi connectivity index (χ0v) is 11.3. The van der Waals surface area contributed by atoms with E-state index in [0.29, 0.717) is 0 Å². The van der Waals surface area contributed by atoms with E-state index in [-0.39, 0.29) is 0 Å². The van der Waals surface area contributed by atoms with Gasteiger partial charge in [-0.25, -0.2) is 4.98 Å². The lowest BCUT2D eigenvalue weighted by Gasteiger charge is -2.09. The van der Waals surface area contributed by atoms with Crippen LogP contribution >= 0.6 is 0 Å². The van der Waals surface area contributed by atoms with E-state index >= 15 is 0 Å². The normalized spacial score (nSPS) is 10.7. The lowest BCUT2D eigenvalue weighted by atomic mass is 10.3. The standard InChI is InChI=1S/C14H16N6/c1-19-11-17-18-13(19)7-8-15-14-16-9-10-20(14)12-5-3-2-4-6-12/h2-6,9-11H,7-8H2,1H3,(H,15,16). The van der Waals surface area contributed by atoms with E-state index in [9.17, 15) is 0 Å². The maximum Gasteiger partial charge on any atom is 0.207 e. The fourth-order valence-corrected chi connectivity index (χ4v) is 2.05. The zero-order chi connectivity index (χ0) is 13.8. The molecule has 0 aliphatic heterocycles.